The molecule has 0 atom stereocenters. The van der Waals surface area contributed by atoms with Gasteiger partial charge in [0.05, 0.1) is 0 Å². The number of thioether (sulfide) groups is 1. The third-order valence-electron chi connectivity index (χ3n) is 2.98. The second-order valence-corrected chi connectivity index (χ2v) is 6.87. The fourth-order valence-electron chi connectivity index (χ4n) is 1.87. The molecule has 1 aromatic rings. The molecular formula is C23H34O2S2. The molecule has 0 aliphatic rings. The van der Waals surface area contributed by atoms with Gasteiger partial charge >= 0.3 is 0 Å². The minimum atomic E-state index is 0.456. The largest absolute Gasteiger partial charge is 0.428 e. The van der Waals surface area contributed by atoms with Crippen molar-refractivity contribution in [2.45, 2.75) is 41.5 Å². The molecule has 0 unspecified atom stereocenters. The van der Waals surface area contributed by atoms with Crippen molar-refractivity contribution < 1.29 is 9.53 Å². The third-order valence-corrected chi connectivity index (χ3v) is 4.17. The second kappa shape index (κ2) is 19.0. The molecule has 1 aromatic heterocycles. The van der Waals surface area contributed by atoms with Crippen LogP contribution in [0.3, 0.4) is 0 Å². The molecule has 0 radical (unpaired) electrons. The maximum atomic E-state index is 10.6. The van der Waals surface area contributed by atoms with E-state index in [-0.39, 0.29) is 0 Å². The average molecular weight is 407 g/mol. The number of hydrogen-bond acceptors (Lipinski definition) is 4. The van der Waals surface area contributed by atoms with Crippen molar-refractivity contribution >= 4 is 41.2 Å². The van der Waals surface area contributed by atoms with Crippen LogP contribution in [0.5, 0.6) is 0 Å². The minimum absolute atomic E-state index is 0.456. The van der Waals surface area contributed by atoms with Crippen LogP contribution in [-0.4, -0.2) is 19.0 Å². The number of carbonyl (C=O) groups is 1. The van der Waals surface area contributed by atoms with Crippen LogP contribution in [0.25, 0.3) is 11.6 Å². The highest BCUT2D eigenvalue weighted by Gasteiger charge is 2.05. The van der Waals surface area contributed by atoms with Crippen molar-refractivity contribution in [1.82, 2.24) is 0 Å². The Morgan fingerprint density at radius 1 is 1.07 bits per heavy atom. The summed E-state index contributed by atoms with van der Waals surface area (Å²) < 4.78 is 5.00. The molecule has 0 bridgehead atoms. The zero-order chi connectivity index (χ0) is 21.1. The summed E-state index contributed by atoms with van der Waals surface area (Å²) >= 11 is 3.48. The molecular weight excluding hydrogens is 372 g/mol. The molecule has 4 heteroatoms. The Kier molecular flexibility index (Phi) is 19.3. The van der Waals surface area contributed by atoms with Gasteiger partial charge in [0.2, 0.25) is 0 Å². The first-order valence-electron chi connectivity index (χ1n) is 8.99. The molecule has 0 aliphatic heterocycles. The maximum absolute atomic E-state index is 10.6. The minimum Gasteiger partial charge on any atom is -0.428 e. The summed E-state index contributed by atoms with van der Waals surface area (Å²) in [5.41, 5.74) is 2.03. The first-order chi connectivity index (χ1) is 13.1. The smallest absolute Gasteiger partial charge is 0.298 e. The first kappa shape index (κ1) is 27.4. The van der Waals surface area contributed by atoms with E-state index in [2.05, 4.69) is 25.1 Å². The van der Waals surface area contributed by atoms with E-state index in [4.69, 9.17) is 4.74 Å². The third kappa shape index (κ3) is 12.3. The van der Waals surface area contributed by atoms with Crippen molar-refractivity contribution in [2.24, 2.45) is 0 Å². The van der Waals surface area contributed by atoms with Gasteiger partial charge in [-0.15, -0.1) is 11.3 Å². The van der Waals surface area contributed by atoms with Crippen LogP contribution >= 0.6 is 23.1 Å². The van der Waals surface area contributed by atoms with Gasteiger partial charge < -0.3 is 4.74 Å². The van der Waals surface area contributed by atoms with Crippen LogP contribution in [-0.2, 0) is 9.53 Å². The topological polar surface area (TPSA) is 26.3 Å². The fraction of sp³-hybridized carbons (Fsp3) is 0.348. The molecule has 0 N–H and O–H groups in total. The van der Waals surface area contributed by atoms with Crippen molar-refractivity contribution in [2.75, 3.05) is 12.5 Å². The van der Waals surface area contributed by atoms with Crippen LogP contribution < -0.4 is 0 Å². The van der Waals surface area contributed by atoms with E-state index < -0.39 is 0 Å². The molecule has 0 aliphatic carbocycles. The van der Waals surface area contributed by atoms with Gasteiger partial charge in [-0.2, -0.15) is 11.8 Å². The SMILES string of the molecule is C/C=C(/C=C(\C)c1ccc(/C=C/C=C/C)s1)C(=C/C)\OC=O.CC.CSC. The summed E-state index contributed by atoms with van der Waals surface area (Å²) in [7, 11) is 0. The Morgan fingerprint density at radius 2 is 1.70 bits per heavy atom. The highest BCUT2D eigenvalue weighted by atomic mass is 32.2. The molecule has 0 saturated carbocycles. The lowest BCUT2D eigenvalue weighted by molar-refractivity contribution is -0.124. The van der Waals surface area contributed by atoms with Gasteiger partial charge in [0, 0.05) is 15.3 Å². The molecule has 1 heterocycles. The molecule has 0 amide bonds. The van der Waals surface area contributed by atoms with Gasteiger partial charge in [-0.05, 0) is 76.1 Å². The normalized spacial score (nSPS) is 12.4. The fourth-order valence-corrected chi connectivity index (χ4v) is 2.76. The summed E-state index contributed by atoms with van der Waals surface area (Å²) in [6.07, 6.45) is 18.0. The van der Waals surface area contributed by atoms with E-state index in [1.54, 1.807) is 29.2 Å². The number of carbonyl (C=O) groups excluding carboxylic acids is 1. The van der Waals surface area contributed by atoms with Crippen LogP contribution in [0.15, 0.2) is 59.9 Å². The van der Waals surface area contributed by atoms with E-state index in [0.29, 0.717) is 12.2 Å². The predicted octanol–water partition coefficient (Wildman–Crippen LogP) is 7.77. The van der Waals surface area contributed by atoms with Crippen molar-refractivity contribution in [1.29, 1.82) is 0 Å². The average Bonchev–Trinajstić information content (AvgIpc) is 3.16. The zero-order valence-electron chi connectivity index (χ0n) is 17.9. The lowest BCUT2D eigenvalue weighted by atomic mass is 10.1. The van der Waals surface area contributed by atoms with Crippen LogP contribution in [0.2, 0.25) is 0 Å². The summed E-state index contributed by atoms with van der Waals surface area (Å²) in [6.45, 7) is 12.3. The Hall–Kier alpha value is -1.78. The summed E-state index contributed by atoms with van der Waals surface area (Å²) in [5.74, 6) is 0.571. The van der Waals surface area contributed by atoms with Gasteiger partial charge in [0.25, 0.3) is 6.47 Å². The van der Waals surface area contributed by atoms with Gasteiger partial charge in [-0.3, -0.25) is 4.79 Å². The second-order valence-electron chi connectivity index (χ2n) is 4.93. The number of thiophene rings is 1. The molecule has 0 aromatic carbocycles. The van der Waals surface area contributed by atoms with Gasteiger partial charge in [0.1, 0.15) is 5.76 Å². The number of rotatable bonds is 7. The molecule has 1 rings (SSSR count). The Morgan fingerprint density at radius 3 is 2.19 bits per heavy atom. The number of allylic oxidation sites excluding steroid dienone is 7. The standard InChI is InChI=1S/C19H22O2S.C2H6S.C2H6/c1-5-8-9-10-17-11-12-19(22-17)15(4)13-16(6-2)18(7-3)21-14-20;1-3-2;1-2/h5-14H,1-4H3;1-2H3;1-2H3/b8-5+,10-9+,15-13+,16-6-,18-7+;;. The van der Waals surface area contributed by atoms with E-state index in [9.17, 15) is 4.79 Å². The lowest BCUT2D eigenvalue weighted by Gasteiger charge is -2.06. The zero-order valence-corrected chi connectivity index (χ0v) is 19.5. The van der Waals surface area contributed by atoms with Crippen molar-refractivity contribution in [3.8, 4) is 0 Å². The van der Waals surface area contributed by atoms with E-state index in [1.165, 1.54) is 9.75 Å². The van der Waals surface area contributed by atoms with Crippen molar-refractivity contribution in [3.05, 3.63) is 69.7 Å². The van der Waals surface area contributed by atoms with E-state index in [1.807, 2.05) is 77.5 Å². The van der Waals surface area contributed by atoms with Crippen LogP contribution in [0, 0.1) is 0 Å². The summed E-state index contributed by atoms with van der Waals surface area (Å²) in [4.78, 5) is 13.0. The van der Waals surface area contributed by atoms with Gasteiger partial charge in [-0.25, -0.2) is 0 Å². The molecule has 0 saturated heterocycles. The lowest BCUT2D eigenvalue weighted by Crippen LogP contribution is -1.93. The summed E-state index contributed by atoms with van der Waals surface area (Å²) in [6, 6.07) is 4.21. The maximum Gasteiger partial charge on any atom is 0.298 e. The quantitative estimate of drug-likeness (QED) is 0.263. The highest BCUT2D eigenvalue weighted by Crippen LogP contribution is 2.27. The number of hydrogen-bond donors (Lipinski definition) is 0. The molecule has 0 fully saturated rings. The predicted molar refractivity (Wildman–Crippen MR) is 127 cm³/mol. The van der Waals surface area contributed by atoms with Crippen LogP contribution in [0.4, 0.5) is 0 Å². The number of ether oxygens (including phenoxy) is 1. The Bertz CT molecular complexity index is 660. The van der Waals surface area contributed by atoms with Gasteiger partial charge in [-0.1, -0.05) is 38.2 Å². The van der Waals surface area contributed by atoms with Crippen LogP contribution in [0.1, 0.15) is 51.3 Å². The highest BCUT2D eigenvalue weighted by molar-refractivity contribution is 7.97. The molecule has 0 spiro atoms. The molecule has 2 nitrogen and oxygen atoms in total. The summed E-state index contributed by atoms with van der Waals surface area (Å²) in [5, 5.41) is 0. The van der Waals surface area contributed by atoms with Gasteiger partial charge in [0.15, 0.2) is 0 Å². The van der Waals surface area contributed by atoms with E-state index >= 15 is 0 Å². The molecule has 27 heavy (non-hydrogen) atoms. The Balaban J connectivity index is 0. The monoisotopic (exact) mass is 406 g/mol. The van der Waals surface area contributed by atoms with Crippen molar-refractivity contribution in [3.63, 3.8) is 0 Å². The molecule has 150 valence electrons. The Labute approximate surface area is 174 Å². The van der Waals surface area contributed by atoms with E-state index in [0.717, 1.165) is 11.1 Å². The first-order valence-corrected chi connectivity index (χ1v) is 11.4.